The van der Waals surface area contributed by atoms with Crippen LogP contribution in [0.5, 0.6) is 17.2 Å². The van der Waals surface area contributed by atoms with Gasteiger partial charge >= 0.3 is 6.03 Å². The number of rotatable bonds is 6. The Morgan fingerprint density at radius 2 is 1.58 bits per heavy atom. The van der Waals surface area contributed by atoms with E-state index >= 15 is 0 Å². The van der Waals surface area contributed by atoms with Gasteiger partial charge in [-0.15, -0.1) is 0 Å². The molecule has 24 heavy (non-hydrogen) atoms. The number of methoxy groups -OCH3 is 3. The highest BCUT2D eigenvalue weighted by Crippen LogP contribution is 2.39. The number of anilines is 1. The van der Waals surface area contributed by atoms with Gasteiger partial charge in [0, 0.05) is 18.7 Å². The molecule has 0 saturated carbocycles. The molecule has 0 unspecified atom stereocenters. The Morgan fingerprint density at radius 1 is 1.00 bits per heavy atom. The molecule has 0 bridgehead atoms. The molecule has 0 spiro atoms. The summed E-state index contributed by atoms with van der Waals surface area (Å²) < 4.78 is 28.5. The first-order chi connectivity index (χ1) is 11.6. The second-order valence-corrected chi connectivity index (χ2v) is 4.85. The normalized spacial score (nSPS) is 10.0. The summed E-state index contributed by atoms with van der Waals surface area (Å²) in [5.41, 5.74) is 1.28. The van der Waals surface area contributed by atoms with Gasteiger partial charge in [0.05, 0.1) is 27.0 Å². The quantitative estimate of drug-likeness (QED) is 0.851. The lowest BCUT2D eigenvalue weighted by molar-refractivity contribution is 0.251. The summed E-state index contributed by atoms with van der Waals surface area (Å²) in [7, 11) is 4.49. The van der Waals surface area contributed by atoms with E-state index in [9.17, 15) is 9.18 Å². The first kappa shape index (κ1) is 17.4. The first-order valence-corrected chi connectivity index (χ1v) is 7.16. The van der Waals surface area contributed by atoms with Crippen LogP contribution in [0, 0.1) is 5.82 Å². The van der Waals surface area contributed by atoms with E-state index in [0.29, 0.717) is 22.9 Å². The molecule has 0 atom stereocenters. The van der Waals surface area contributed by atoms with Crippen molar-refractivity contribution in [1.29, 1.82) is 0 Å². The largest absolute Gasteiger partial charge is 0.493 e. The maximum atomic E-state index is 12.8. The molecular weight excluding hydrogens is 315 g/mol. The van der Waals surface area contributed by atoms with Crippen molar-refractivity contribution in [2.45, 2.75) is 6.54 Å². The maximum Gasteiger partial charge on any atom is 0.319 e. The fourth-order valence-corrected chi connectivity index (χ4v) is 2.11. The Balaban J connectivity index is 2.04. The zero-order valence-electron chi connectivity index (χ0n) is 13.7. The van der Waals surface area contributed by atoms with Gasteiger partial charge in [0.25, 0.3) is 0 Å². The van der Waals surface area contributed by atoms with Gasteiger partial charge in [0.15, 0.2) is 11.5 Å². The molecule has 0 radical (unpaired) electrons. The molecule has 0 aliphatic carbocycles. The summed E-state index contributed by atoms with van der Waals surface area (Å²) in [6, 6.07) is 8.73. The van der Waals surface area contributed by atoms with E-state index < -0.39 is 6.03 Å². The van der Waals surface area contributed by atoms with Crippen molar-refractivity contribution in [3.8, 4) is 17.2 Å². The van der Waals surface area contributed by atoms with Crippen molar-refractivity contribution in [1.82, 2.24) is 5.32 Å². The van der Waals surface area contributed by atoms with Gasteiger partial charge in [-0.1, -0.05) is 12.1 Å². The monoisotopic (exact) mass is 334 g/mol. The maximum absolute atomic E-state index is 12.8. The van der Waals surface area contributed by atoms with Crippen LogP contribution in [0.2, 0.25) is 0 Å². The molecule has 0 saturated heterocycles. The number of amides is 2. The molecule has 2 amide bonds. The van der Waals surface area contributed by atoms with Crippen LogP contribution in [0.4, 0.5) is 14.9 Å². The molecule has 0 aromatic heterocycles. The highest BCUT2D eigenvalue weighted by Gasteiger charge is 2.14. The molecule has 2 aromatic carbocycles. The molecule has 0 fully saturated rings. The van der Waals surface area contributed by atoms with Crippen molar-refractivity contribution < 1.29 is 23.4 Å². The van der Waals surface area contributed by atoms with Crippen molar-refractivity contribution in [3.05, 3.63) is 47.8 Å². The third-order valence-electron chi connectivity index (χ3n) is 3.29. The van der Waals surface area contributed by atoms with Crippen LogP contribution in [-0.2, 0) is 6.54 Å². The molecule has 0 aliphatic heterocycles. The Bertz CT molecular complexity index is 679. The fourth-order valence-electron chi connectivity index (χ4n) is 2.11. The Hall–Kier alpha value is -2.96. The average molecular weight is 334 g/mol. The van der Waals surface area contributed by atoms with Crippen LogP contribution in [0.3, 0.4) is 0 Å². The number of carbonyl (C=O) groups excluding carboxylic acids is 1. The van der Waals surface area contributed by atoms with E-state index in [0.717, 1.165) is 5.56 Å². The number of urea groups is 1. The SMILES string of the molecule is COc1cc(NC(=O)NCc2ccc(F)cc2)cc(OC)c1OC. The van der Waals surface area contributed by atoms with Crippen LogP contribution < -0.4 is 24.8 Å². The zero-order valence-corrected chi connectivity index (χ0v) is 13.7. The lowest BCUT2D eigenvalue weighted by atomic mass is 10.2. The third-order valence-corrected chi connectivity index (χ3v) is 3.29. The second-order valence-electron chi connectivity index (χ2n) is 4.85. The number of hydrogen-bond acceptors (Lipinski definition) is 4. The Kier molecular flexibility index (Phi) is 5.83. The highest BCUT2D eigenvalue weighted by molar-refractivity contribution is 5.90. The van der Waals surface area contributed by atoms with Crippen LogP contribution in [0.15, 0.2) is 36.4 Å². The Morgan fingerprint density at radius 3 is 2.08 bits per heavy atom. The van der Waals surface area contributed by atoms with E-state index in [4.69, 9.17) is 14.2 Å². The van der Waals surface area contributed by atoms with Crippen molar-refractivity contribution in [2.24, 2.45) is 0 Å². The lowest BCUT2D eigenvalue weighted by Crippen LogP contribution is -2.28. The predicted molar refractivity (Wildman–Crippen MR) is 88.4 cm³/mol. The van der Waals surface area contributed by atoms with Crippen LogP contribution >= 0.6 is 0 Å². The minimum absolute atomic E-state index is 0.274. The van der Waals surface area contributed by atoms with Crippen molar-refractivity contribution >= 4 is 11.7 Å². The van der Waals surface area contributed by atoms with Crippen LogP contribution in [-0.4, -0.2) is 27.4 Å². The van der Waals surface area contributed by atoms with Gasteiger partial charge in [-0.3, -0.25) is 0 Å². The van der Waals surface area contributed by atoms with Crippen molar-refractivity contribution in [3.63, 3.8) is 0 Å². The first-order valence-electron chi connectivity index (χ1n) is 7.16. The standard InChI is InChI=1S/C17H19FN2O4/c1-22-14-8-13(9-15(23-2)16(14)24-3)20-17(21)19-10-11-4-6-12(18)7-5-11/h4-9H,10H2,1-3H3,(H2,19,20,21). The van der Waals surface area contributed by atoms with Gasteiger partial charge in [-0.05, 0) is 17.7 Å². The molecule has 2 rings (SSSR count). The predicted octanol–water partition coefficient (Wildman–Crippen LogP) is 3.17. The van der Waals surface area contributed by atoms with Gasteiger partial charge in [0.1, 0.15) is 5.82 Å². The number of hydrogen-bond donors (Lipinski definition) is 2. The molecule has 2 N–H and O–H groups in total. The van der Waals surface area contributed by atoms with Gasteiger partial charge in [0.2, 0.25) is 5.75 Å². The highest BCUT2D eigenvalue weighted by atomic mass is 19.1. The molecule has 128 valence electrons. The molecule has 0 aliphatic rings. The average Bonchev–Trinajstić information content (AvgIpc) is 2.60. The molecule has 2 aromatic rings. The number of carbonyl (C=O) groups is 1. The van der Waals surface area contributed by atoms with E-state index in [1.165, 1.54) is 33.5 Å². The summed E-state index contributed by atoms with van der Waals surface area (Å²) in [5.74, 6) is 0.995. The lowest BCUT2D eigenvalue weighted by Gasteiger charge is -2.15. The summed E-state index contributed by atoms with van der Waals surface area (Å²) >= 11 is 0. The van der Waals surface area contributed by atoms with Crippen molar-refractivity contribution in [2.75, 3.05) is 26.6 Å². The summed E-state index contributed by atoms with van der Waals surface area (Å²) in [6.45, 7) is 0.274. The number of halogens is 1. The van der Waals surface area contributed by atoms with E-state index in [1.54, 1.807) is 24.3 Å². The number of benzene rings is 2. The fraction of sp³-hybridized carbons (Fsp3) is 0.235. The van der Waals surface area contributed by atoms with E-state index in [1.807, 2.05) is 0 Å². The molecular formula is C17H19FN2O4. The molecule has 7 heteroatoms. The van der Waals surface area contributed by atoms with Gasteiger partial charge in [-0.25, -0.2) is 9.18 Å². The van der Waals surface area contributed by atoms with E-state index in [-0.39, 0.29) is 12.4 Å². The molecule has 0 heterocycles. The topological polar surface area (TPSA) is 68.8 Å². The van der Waals surface area contributed by atoms with E-state index in [2.05, 4.69) is 10.6 Å². The summed E-state index contributed by atoms with van der Waals surface area (Å²) in [4.78, 5) is 12.0. The van der Waals surface area contributed by atoms with Crippen LogP contribution in [0.25, 0.3) is 0 Å². The summed E-state index contributed by atoms with van der Waals surface area (Å²) in [5, 5.41) is 5.37. The minimum Gasteiger partial charge on any atom is -0.493 e. The smallest absolute Gasteiger partial charge is 0.319 e. The number of ether oxygens (including phenoxy) is 3. The second kappa shape index (κ2) is 8.05. The summed E-state index contributed by atoms with van der Waals surface area (Å²) in [6.07, 6.45) is 0. The van der Waals surface area contributed by atoms with Gasteiger partial charge < -0.3 is 24.8 Å². The van der Waals surface area contributed by atoms with Crippen LogP contribution in [0.1, 0.15) is 5.56 Å². The van der Waals surface area contributed by atoms with Gasteiger partial charge in [-0.2, -0.15) is 0 Å². The third kappa shape index (κ3) is 4.28. The minimum atomic E-state index is -0.409. The molecule has 6 nitrogen and oxygen atoms in total. The Labute approximate surface area is 139 Å². The zero-order chi connectivity index (χ0) is 17.5. The number of nitrogens with one attached hydrogen (secondary N) is 2.